The molecule has 2 rings (SSSR count). The van der Waals surface area contributed by atoms with Crippen LogP contribution in [0.25, 0.3) is 0 Å². The van der Waals surface area contributed by atoms with Crippen LogP contribution in [0, 0.1) is 12.7 Å². The summed E-state index contributed by atoms with van der Waals surface area (Å²) in [6, 6.07) is 4.39. The van der Waals surface area contributed by atoms with E-state index >= 15 is 0 Å². The Kier molecular flexibility index (Phi) is 4.55. The molecule has 0 spiro atoms. The van der Waals surface area contributed by atoms with Crippen molar-refractivity contribution in [2.24, 2.45) is 0 Å². The molecular weight excluding hydrogens is 279 g/mol. The Morgan fingerprint density at radius 2 is 2.05 bits per heavy atom. The highest BCUT2D eigenvalue weighted by atomic mass is 35.5. The standard InChI is InChI=1S/C15H16ClFN2O/c1-9(2)15-18-8-14(12(7-16)19-15)20-13-6-11(17)5-4-10(13)3/h4-6,8-9H,7H2,1-3H3. The maximum atomic E-state index is 13.3. The summed E-state index contributed by atoms with van der Waals surface area (Å²) >= 11 is 5.90. The molecule has 2 aromatic rings. The molecule has 1 aromatic carbocycles. The van der Waals surface area contributed by atoms with Crippen LogP contribution in [0.15, 0.2) is 24.4 Å². The average Bonchev–Trinajstić information content (AvgIpc) is 2.43. The molecule has 0 saturated carbocycles. The van der Waals surface area contributed by atoms with E-state index in [1.165, 1.54) is 12.1 Å². The van der Waals surface area contributed by atoms with Gasteiger partial charge in [-0.25, -0.2) is 14.4 Å². The number of rotatable bonds is 4. The van der Waals surface area contributed by atoms with Crippen LogP contribution in [0.2, 0.25) is 0 Å². The summed E-state index contributed by atoms with van der Waals surface area (Å²) < 4.78 is 19.0. The molecule has 0 amide bonds. The topological polar surface area (TPSA) is 35.0 Å². The number of benzene rings is 1. The minimum atomic E-state index is -0.349. The second-order valence-electron chi connectivity index (χ2n) is 4.84. The predicted octanol–water partition coefficient (Wildman–Crippen LogP) is 4.58. The lowest BCUT2D eigenvalue weighted by molar-refractivity contribution is 0.461. The third-order valence-corrected chi connectivity index (χ3v) is 3.11. The summed E-state index contributed by atoms with van der Waals surface area (Å²) in [5, 5.41) is 0. The molecule has 106 valence electrons. The smallest absolute Gasteiger partial charge is 0.168 e. The molecular formula is C15H16ClFN2O. The number of halogens is 2. The van der Waals surface area contributed by atoms with Crippen LogP contribution in [0.3, 0.4) is 0 Å². The van der Waals surface area contributed by atoms with E-state index in [1.807, 2.05) is 20.8 Å². The number of alkyl halides is 1. The molecule has 0 aliphatic carbocycles. The van der Waals surface area contributed by atoms with Crippen molar-refractivity contribution in [1.82, 2.24) is 9.97 Å². The summed E-state index contributed by atoms with van der Waals surface area (Å²) in [6.45, 7) is 5.85. The zero-order valence-electron chi connectivity index (χ0n) is 11.7. The third-order valence-electron chi connectivity index (χ3n) is 2.86. The predicted molar refractivity (Wildman–Crippen MR) is 76.9 cm³/mol. The first-order valence-electron chi connectivity index (χ1n) is 6.37. The van der Waals surface area contributed by atoms with Crippen LogP contribution >= 0.6 is 11.6 Å². The molecule has 0 aliphatic heterocycles. The number of hydrogen-bond donors (Lipinski definition) is 0. The van der Waals surface area contributed by atoms with Gasteiger partial charge >= 0.3 is 0 Å². The van der Waals surface area contributed by atoms with E-state index in [0.717, 1.165) is 5.56 Å². The van der Waals surface area contributed by atoms with Gasteiger partial charge in [0.2, 0.25) is 0 Å². The SMILES string of the molecule is Cc1ccc(F)cc1Oc1cnc(C(C)C)nc1CCl. The van der Waals surface area contributed by atoms with Crippen molar-refractivity contribution in [1.29, 1.82) is 0 Å². The van der Waals surface area contributed by atoms with Crippen LogP contribution in [0.1, 0.15) is 36.8 Å². The van der Waals surface area contributed by atoms with Gasteiger partial charge in [-0.15, -0.1) is 11.6 Å². The Morgan fingerprint density at radius 3 is 2.70 bits per heavy atom. The van der Waals surface area contributed by atoms with Crippen molar-refractivity contribution in [2.45, 2.75) is 32.6 Å². The quantitative estimate of drug-likeness (QED) is 0.774. The Bertz CT molecular complexity index is 617. The van der Waals surface area contributed by atoms with Crippen molar-refractivity contribution in [3.63, 3.8) is 0 Å². The molecule has 3 nitrogen and oxygen atoms in total. The molecule has 20 heavy (non-hydrogen) atoms. The number of aromatic nitrogens is 2. The van der Waals surface area contributed by atoms with E-state index in [0.29, 0.717) is 23.0 Å². The van der Waals surface area contributed by atoms with Crippen molar-refractivity contribution in [3.05, 3.63) is 47.3 Å². The highest BCUT2D eigenvalue weighted by Crippen LogP contribution is 2.28. The van der Waals surface area contributed by atoms with Gasteiger partial charge in [-0.05, 0) is 18.6 Å². The van der Waals surface area contributed by atoms with Gasteiger partial charge in [-0.1, -0.05) is 19.9 Å². The molecule has 0 saturated heterocycles. The van der Waals surface area contributed by atoms with Crippen LogP contribution < -0.4 is 4.74 Å². The second-order valence-corrected chi connectivity index (χ2v) is 5.11. The van der Waals surface area contributed by atoms with E-state index < -0.39 is 0 Å². The normalized spacial score (nSPS) is 10.9. The van der Waals surface area contributed by atoms with Crippen LogP contribution in [0.5, 0.6) is 11.5 Å². The summed E-state index contributed by atoms with van der Waals surface area (Å²) in [6.07, 6.45) is 1.59. The van der Waals surface area contributed by atoms with Gasteiger partial charge in [-0.3, -0.25) is 0 Å². The average molecular weight is 295 g/mol. The molecule has 0 N–H and O–H groups in total. The molecule has 0 fully saturated rings. The van der Waals surface area contributed by atoms with Gasteiger partial charge in [-0.2, -0.15) is 0 Å². The molecule has 1 aromatic heterocycles. The second kappa shape index (κ2) is 6.18. The zero-order chi connectivity index (χ0) is 14.7. The van der Waals surface area contributed by atoms with Crippen LogP contribution in [0.4, 0.5) is 4.39 Å². The highest BCUT2D eigenvalue weighted by Gasteiger charge is 2.12. The summed E-state index contributed by atoms with van der Waals surface area (Å²) in [5.74, 6) is 1.69. The van der Waals surface area contributed by atoms with E-state index in [9.17, 15) is 4.39 Å². The molecule has 1 heterocycles. The van der Waals surface area contributed by atoms with Gasteiger partial charge in [0.1, 0.15) is 23.1 Å². The molecule has 5 heteroatoms. The number of aryl methyl sites for hydroxylation is 1. The molecule has 0 atom stereocenters. The van der Waals surface area contributed by atoms with Gasteiger partial charge in [0.15, 0.2) is 5.75 Å². The maximum absolute atomic E-state index is 13.3. The summed E-state index contributed by atoms with van der Waals surface area (Å²) in [4.78, 5) is 8.62. The van der Waals surface area contributed by atoms with Crippen LogP contribution in [-0.4, -0.2) is 9.97 Å². The van der Waals surface area contributed by atoms with Crippen molar-refractivity contribution >= 4 is 11.6 Å². The number of ether oxygens (including phenoxy) is 1. The van der Waals surface area contributed by atoms with E-state index in [4.69, 9.17) is 16.3 Å². The van der Waals surface area contributed by atoms with Gasteiger partial charge in [0.25, 0.3) is 0 Å². The van der Waals surface area contributed by atoms with Gasteiger partial charge < -0.3 is 4.74 Å². The monoisotopic (exact) mass is 294 g/mol. The largest absolute Gasteiger partial charge is 0.453 e. The first kappa shape index (κ1) is 14.7. The molecule has 0 bridgehead atoms. The molecule has 0 unspecified atom stereocenters. The fourth-order valence-corrected chi connectivity index (χ4v) is 1.87. The Morgan fingerprint density at radius 1 is 1.30 bits per heavy atom. The first-order valence-corrected chi connectivity index (χ1v) is 6.90. The number of nitrogens with zero attached hydrogens (tertiary/aromatic N) is 2. The van der Waals surface area contributed by atoms with E-state index in [2.05, 4.69) is 9.97 Å². The first-order chi connectivity index (χ1) is 9.51. The molecule has 0 aliphatic rings. The summed E-state index contributed by atoms with van der Waals surface area (Å²) in [7, 11) is 0. The lowest BCUT2D eigenvalue weighted by Gasteiger charge is -2.12. The Hall–Kier alpha value is -1.68. The lowest BCUT2D eigenvalue weighted by Crippen LogP contribution is -2.03. The van der Waals surface area contributed by atoms with E-state index in [1.54, 1.807) is 12.3 Å². The lowest BCUT2D eigenvalue weighted by atomic mass is 10.2. The van der Waals surface area contributed by atoms with E-state index in [-0.39, 0.29) is 17.6 Å². The highest BCUT2D eigenvalue weighted by molar-refractivity contribution is 6.17. The Labute approximate surface area is 122 Å². The minimum absolute atomic E-state index is 0.210. The van der Waals surface area contributed by atoms with Crippen molar-refractivity contribution in [2.75, 3.05) is 0 Å². The van der Waals surface area contributed by atoms with Crippen molar-refractivity contribution < 1.29 is 9.13 Å². The number of hydrogen-bond acceptors (Lipinski definition) is 3. The van der Waals surface area contributed by atoms with Crippen molar-refractivity contribution in [3.8, 4) is 11.5 Å². The van der Waals surface area contributed by atoms with Gasteiger partial charge in [0.05, 0.1) is 12.1 Å². The third kappa shape index (κ3) is 3.25. The van der Waals surface area contributed by atoms with Gasteiger partial charge in [0, 0.05) is 12.0 Å². The zero-order valence-corrected chi connectivity index (χ0v) is 12.4. The maximum Gasteiger partial charge on any atom is 0.168 e. The molecule has 0 radical (unpaired) electrons. The minimum Gasteiger partial charge on any atom is -0.453 e. The summed E-state index contributed by atoms with van der Waals surface area (Å²) in [5.41, 5.74) is 1.44. The fourth-order valence-electron chi connectivity index (χ4n) is 1.68. The Balaban J connectivity index is 2.35. The fraction of sp³-hybridized carbons (Fsp3) is 0.333. The van der Waals surface area contributed by atoms with Crippen LogP contribution in [-0.2, 0) is 5.88 Å².